The van der Waals surface area contributed by atoms with E-state index in [0.29, 0.717) is 12.4 Å². The summed E-state index contributed by atoms with van der Waals surface area (Å²) in [5.41, 5.74) is 5.47. The van der Waals surface area contributed by atoms with Gasteiger partial charge < -0.3 is 0 Å². The Morgan fingerprint density at radius 1 is 0.750 bits per heavy atom. The molecular weight excluding hydrogens is 692 g/mol. The summed E-state index contributed by atoms with van der Waals surface area (Å²) < 4.78 is 31.0. The fourth-order valence-electron chi connectivity index (χ4n) is 6.72. The van der Waals surface area contributed by atoms with Crippen molar-refractivity contribution < 1.29 is 8.42 Å². The van der Waals surface area contributed by atoms with Crippen LogP contribution >= 0.6 is 11.6 Å². The second-order valence-corrected chi connectivity index (χ2v) is 14.2. The van der Waals surface area contributed by atoms with Gasteiger partial charge in [0.05, 0.1) is 12.3 Å². The van der Waals surface area contributed by atoms with Crippen molar-refractivity contribution in [2.75, 3.05) is 19.6 Å². The lowest BCUT2D eigenvalue weighted by Crippen LogP contribution is -2.39. The molecule has 262 valence electrons. The number of nitrogens with zero attached hydrogens (tertiary/aromatic N) is 8. The Morgan fingerprint density at radius 2 is 1.23 bits per heavy atom. The van der Waals surface area contributed by atoms with Crippen LogP contribution in [0.5, 0.6) is 0 Å². The fraction of sp³-hybridized carbons (Fsp3) is 0.175. The standard InChI is InChI=1S/C40H37ClN8O2S/c1-3-47(4-2)52(50,51)45-39(41)48-29-36(30-17-9-5-10-18-30)37(43-48)31-25-27-32(28-26-31)38-42-46-49(44-38)40(33-19-11-6-12-20-33,34-21-13-7-14-22-34)35-23-15-8-16-24-35/h5-28,36H,3-4,29H2,1-2H3/b45-39+. The van der Waals surface area contributed by atoms with E-state index in [9.17, 15) is 8.42 Å². The van der Waals surface area contributed by atoms with Crippen LogP contribution < -0.4 is 0 Å². The predicted octanol–water partition coefficient (Wildman–Crippen LogP) is 7.17. The van der Waals surface area contributed by atoms with Crippen molar-refractivity contribution >= 4 is 32.8 Å². The van der Waals surface area contributed by atoms with Gasteiger partial charge in [-0.1, -0.05) is 159 Å². The van der Waals surface area contributed by atoms with E-state index < -0.39 is 15.7 Å². The Kier molecular flexibility index (Phi) is 10.1. The van der Waals surface area contributed by atoms with Gasteiger partial charge in [-0.25, -0.2) is 5.01 Å². The van der Waals surface area contributed by atoms with Crippen LogP contribution in [0.1, 0.15) is 47.6 Å². The molecule has 0 aliphatic carbocycles. The molecule has 7 rings (SSSR count). The average Bonchev–Trinajstić information content (AvgIpc) is 3.87. The van der Waals surface area contributed by atoms with Crippen LogP contribution in [0.4, 0.5) is 0 Å². The number of rotatable bonds is 11. The maximum atomic E-state index is 12.9. The lowest BCUT2D eigenvalue weighted by Gasteiger charge is -2.34. The molecule has 1 unspecified atom stereocenters. The Bertz CT molecular complexity index is 2180. The number of halogens is 1. The quantitative estimate of drug-likeness (QED) is 0.0606. The first-order chi connectivity index (χ1) is 25.3. The molecular formula is C40H37ClN8O2S. The number of benzene rings is 5. The van der Waals surface area contributed by atoms with Gasteiger partial charge in [0.2, 0.25) is 11.1 Å². The first-order valence-corrected chi connectivity index (χ1v) is 18.9. The molecule has 1 aliphatic heterocycles. The fourth-order valence-corrected chi connectivity index (χ4v) is 8.14. The second kappa shape index (κ2) is 15.0. The van der Waals surface area contributed by atoms with Gasteiger partial charge in [-0.15, -0.1) is 19.4 Å². The van der Waals surface area contributed by atoms with Crippen LogP contribution in [0.2, 0.25) is 0 Å². The highest BCUT2D eigenvalue weighted by Gasteiger charge is 2.41. The molecule has 0 amide bonds. The molecule has 0 N–H and O–H groups in total. The molecule has 12 heteroatoms. The van der Waals surface area contributed by atoms with Gasteiger partial charge in [0.15, 0.2) is 5.54 Å². The molecule has 1 aromatic heterocycles. The summed E-state index contributed by atoms with van der Waals surface area (Å²) in [6, 6.07) is 48.4. The van der Waals surface area contributed by atoms with Crippen LogP contribution in [0, 0.1) is 0 Å². The van der Waals surface area contributed by atoms with Crippen molar-refractivity contribution in [3.05, 3.63) is 173 Å². The number of amidine groups is 1. The van der Waals surface area contributed by atoms with Crippen molar-refractivity contribution in [3.8, 4) is 11.4 Å². The zero-order valence-electron chi connectivity index (χ0n) is 28.7. The van der Waals surface area contributed by atoms with Crippen molar-refractivity contribution in [1.29, 1.82) is 0 Å². The van der Waals surface area contributed by atoms with Crippen LogP contribution in [0.3, 0.4) is 0 Å². The van der Waals surface area contributed by atoms with Crippen LogP contribution in [-0.2, 0) is 15.7 Å². The first-order valence-electron chi connectivity index (χ1n) is 17.1. The Morgan fingerprint density at radius 3 is 1.73 bits per heavy atom. The van der Waals surface area contributed by atoms with Gasteiger partial charge in [0.1, 0.15) is 0 Å². The van der Waals surface area contributed by atoms with Crippen molar-refractivity contribution in [2.45, 2.75) is 25.3 Å². The summed E-state index contributed by atoms with van der Waals surface area (Å²) >= 11 is 6.55. The zero-order chi connectivity index (χ0) is 36.1. The highest BCUT2D eigenvalue weighted by atomic mass is 35.5. The van der Waals surface area contributed by atoms with E-state index in [2.05, 4.69) is 51.1 Å². The number of aromatic nitrogens is 4. The summed E-state index contributed by atoms with van der Waals surface area (Å²) in [4.78, 5) is 1.70. The van der Waals surface area contributed by atoms with E-state index in [4.69, 9.17) is 21.8 Å². The van der Waals surface area contributed by atoms with Gasteiger partial charge >= 0.3 is 10.2 Å². The third kappa shape index (κ3) is 6.66. The molecule has 0 saturated carbocycles. The molecule has 10 nitrogen and oxygen atoms in total. The number of hydrogen-bond acceptors (Lipinski definition) is 6. The first kappa shape index (κ1) is 34.9. The minimum atomic E-state index is -3.97. The van der Waals surface area contributed by atoms with E-state index in [-0.39, 0.29) is 24.3 Å². The normalized spacial score (nSPS) is 15.2. The summed E-state index contributed by atoms with van der Waals surface area (Å²) in [7, 11) is -3.97. The third-order valence-electron chi connectivity index (χ3n) is 9.28. The highest BCUT2D eigenvalue weighted by Crippen LogP contribution is 2.40. The zero-order valence-corrected chi connectivity index (χ0v) is 30.3. The molecule has 2 heterocycles. The third-order valence-corrected chi connectivity index (χ3v) is 11.2. The minimum Gasteiger partial charge on any atom is -0.236 e. The average molecular weight is 729 g/mol. The Hall–Kier alpha value is -5.49. The van der Waals surface area contributed by atoms with Gasteiger partial charge in [0, 0.05) is 24.6 Å². The molecule has 0 fully saturated rings. The van der Waals surface area contributed by atoms with Crippen LogP contribution in [0.25, 0.3) is 11.4 Å². The topological polar surface area (TPSA) is 109 Å². The number of hydrazone groups is 1. The van der Waals surface area contributed by atoms with E-state index in [1.807, 2.05) is 109 Å². The van der Waals surface area contributed by atoms with Crippen molar-refractivity contribution in [2.24, 2.45) is 9.50 Å². The maximum Gasteiger partial charge on any atom is 0.325 e. The van der Waals surface area contributed by atoms with Gasteiger partial charge in [-0.05, 0) is 44.6 Å². The Balaban J connectivity index is 1.27. The summed E-state index contributed by atoms with van der Waals surface area (Å²) in [6.45, 7) is 4.41. The van der Waals surface area contributed by atoms with Crippen LogP contribution in [0.15, 0.2) is 155 Å². The molecule has 52 heavy (non-hydrogen) atoms. The van der Waals surface area contributed by atoms with E-state index in [0.717, 1.165) is 39.1 Å². The molecule has 0 radical (unpaired) electrons. The molecule has 0 spiro atoms. The van der Waals surface area contributed by atoms with E-state index in [1.165, 1.54) is 9.31 Å². The Labute approximate surface area is 308 Å². The number of tetrazole rings is 1. The maximum absolute atomic E-state index is 12.9. The molecule has 1 aliphatic rings. The molecule has 0 saturated heterocycles. The lowest BCUT2D eigenvalue weighted by atomic mass is 9.77. The predicted molar refractivity (Wildman–Crippen MR) is 205 cm³/mol. The largest absolute Gasteiger partial charge is 0.325 e. The monoisotopic (exact) mass is 728 g/mol. The second-order valence-electron chi connectivity index (χ2n) is 12.2. The summed E-state index contributed by atoms with van der Waals surface area (Å²) in [5, 5.41) is 20.3. The van der Waals surface area contributed by atoms with Crippen LogP contribution in [-0.4, -0.2) is 68.6 Å². The van der Waals surface area contributed by atoms with E-state index >= 15 is 0 Å². The smallest absolute Gasteiger partial charge is 0.236 e. The van der Waals surface area contributed by atoms with Crippen molar-refractivity contribution in [3.63, 3.8) is 0 Å². The van der Waals surface area contributed by atoms with Gasteiger partial charge in [0.25, 0.3) is 0 Å². The molecule has 1 atom stereocenters. The van der Waals surface area contributed by atoms with Gasteiger partial charge in [-0.3, -0.25) is 0 Å². The molecule has 0 bridgehead atoms. The summed E-state index contributed by atoms with van der Waals surface area (Å²) in [6.07, 6.45) is 0. The highest BCUT2D eigenvalue weighted by molar-refractivity contribution is 7.88. The van der Waals surface area contributed by atoms with Crippen molar-refractivity contribution in [1.82, 2.24) is 29.5 Å². The molecule has 5 aromatic carbocycles. The van der Waals surface area contributed by atoms with Gasteiger partial charge in [-0.2, -0.15) is 17.8 Å². The SMILES string of the molecule is CCN(CC)S(=O)(=O)/N=C(\Cl)N1CC(c2ccccc2)C(c2ccc(-c3nnn(C(c4ccccc4)(c4ccccc4)c4ccccc4)n3)cc2)=N1. The minimum absolute atomic E-state index is 0.186. The molecule has 6 aromatic rings. The lowest BCUT2D eigenvalue weighted by molar-refractivity contribution is 0.396. The number of hydrogen-bond donors (Lipinski definition) is 0. The van der Waals surface area contributed by atoms with E-state index in [1.54, 1.807) is 18.6 Å². The summed E-state index contributed by atoms with van der Waals surface area (Å²) in [5.74, 6) is 0.277.